The molecule has 6 nitrogen and oxygen atoms in total. The van der Waals surface area contributed by atoms with Crippen LogP contribution < -0.4 is 5.32 Å². The van der Waals surface area contributed by atoms with Gasteiger partial charge in [0, 0.05) is 25.7 Å². The second-order valence-electron chi connectivity index (χ2n) is 6.12. The number of hydrogen-bond acceptors (Lipinski definition) is 5. The lowest BCUT2D eigenvalue weighted by atomic mass is 9.97. The number of nitrogens with zero attached hydrogens (tertiary/aromatic N) is 3. The van der Waals surface area contributed by atoms with Gasteiger partial charge in [-0.1, -0.05) is 41.9 Å². The third-order valence-electron chi connectivity index (χ3n) is 4.30. The number of amides is 1. The van der Waals surface area contributed by atoms with E-state index in [-0.39, 0.29) is 6.09 Å². The molecule has 0 radical (unpaired) electrons. The summed E-state index contributed by atoms with van der Waals surface area (Å²) in [5.41, 5.74) is 1.87. The summed E-state index contributed by atoms with van der Waals surface area (Å²) in [5.74, 6) is 0.505. The second kappa shape index (κ2) is 8.67. The molecule has 2 heterocycles. The highest BCUT2D eigenvalue weighted by Crippen LogP contribution is 2.19. The van der Waals surface area contributed by atoms with Crippen LogP contribution in [0.2, 0.25) is 5.15 Å². The number of aromatic nitrogens is 2. The minimum Gasteiger partial charge on any atom is -0.445 e. The molecule has 7 heteroatoms. The molecule has 1 aromatic carbocycles. The van der Waals surface area contributed by atoms with Gasteiger partial charge >= 0.3 is 6.09 Å². The molecule has 0 bridgehead atoms. The van der Waals surface area contributed by atoms with E-state index in [4.69, 9.17) is 16.3 Å². The maximum atomic E-state index is 12.2. The Hall–Kier alpha value is -2.34. The maximum absolute atomic E-state index is 12.2. The van der Waals surface area contributed by atoms with Gasteiger partial charge in [-0.15, -0.1) is 5.10 Å². The molecule has 3 rings (SSSR count). The zero-order chi connectivity index (χ0) is 17.5. The van der Waals surface area contributed by atoms with Crippen molar-refractivity contribution in [2.45, 2.75) is 19.4 Å². The molecule has 132 valence electrons. The molecule has 1 amide bonds. The average molecular weight is 361 g/mol. The summed E-state index contributed by atoms with van der Waals surface area (Å²) in [4.78, 5) is 13.9. The Morgan fingerprint density at radius 1 is 1.28 bits per heavy atom. The highest BCUT2D eigenvalue weighted by atomic mass is 35.5. The minimum atomic E-state index is -0.236. The molecule has 0 aliphatic carbocycles. The number of rotatable bonds is 5. The first-order valence-electron chi connectivity index (χ1n) is 8.38. The molecule has 1 aromatic heterocycles. The van der Waals surface area contributed by atoms with Crippen molar-refractivity contribution in [2.24, 2.45) is 5.92 Å². The van der Waals surface area contributed by atoms with Gasteiger partial charge < -0.3 is 15.0 Å². The van der Waals surface area contributed by atoms with Gasteiger partial charge in [-0.2, -0.15) is 5.10 Å². The highest BCUT2D eigenvalue weighted by molar-refractivity contribution is 6.29. The van der Waals surface area contributed by atoms with E-state index in [0.717, 1.165) is 43.7 Å². The number of anilines is 1. The topological polar surface area (TPSA) is 67.3 Å². The van der Waals surface area contributed by atoms with Crippen LogP contribution >= 0.6 is 11.6 Å². The van der Waals surface area contributed by atoms with Crippen LogP contribution in [0.25, 0.3) is 0 Å². The summed E-state index contributed by atoms with van der Waals surface area (Å²) in [7, 11) is 0. The van der Waals surface area contributed by atoms with Crippen molar-refractivity contribution in [3.63, 3.8) is 0 Å². The SMILES string of the molecule is O=C(OCc1ccccc1)N1CCC(CNc2cnnc(Cl)c2)CC1. The van der Waals surface area contributed by atoms with Crippen molar-refractivity contribution >= 4 is 23.4 Å². The summed E-state index contributed by atoms with van der Waals surface area (Å²) in [6.07, 6.45) is 3.31. The third-order valence-corrected chi connectivity index (χ3v) is 4.48. The van der Waals surface area contributed by atoms with Crippen LogP contribution in [0.3, 0.4) is 0 Å². The van der Waals surface area contributed by atoms with E-state index in [2.05, 4.69) is 15.5 Å². The second-order valence-corrected chi connectivity index (χ2v) is 6.51. The number of carbonyl (C=O) groups is 1. The van der Waals surface area contributed by atoms with Gasteiger partial charge in [0.15, 0.2) is 5.15 Å². The van der Waals surface area contributed by atoms with Crippen molar-refractivity contribution in [2.75, 3.05) is 25.0 Å². The Labute approximate surface area is 152 Å². The number of carbonyl (C=O) groups excluding carboxylic acids is 1. The van der Waals surface area contributed by atoms with E-state index >= 15 is 0 Å². The molecule has 0 saturated carbocycles. The Bertz CT molecular complexity index is 690. The molecule has 1 saturated heterocycles. The van der Waals surface area contributed by atoms with E-state index in [1.54, 1.807) is 17.2 Å². The summed E-state index contributed by atoms with van der Waals surface area (Å²) < 4.78 is 5.39. The van der Waals surface area contributed by atoms with Gasteiger partial charge in [-0.05, 0) is 24.3 Å². The molecule has 1 N–H and O–H groups in total. The number of likely N-dealkylation sites (tertiary alicyclic amines) is 1. The summed E-state index contributed by atoms with van der Waals surface area (Å²) >= 11 is 5.82. The molecule has 1 aliphatic heterocycles. The summed E-state index contributed by atoms with van der Waals surface area (Å²) in [5, 5.41) is 11.2. The third kappa shape index (κ3) is 5.32. The van der Waals surface area contributed by atoms with E-state index in [1.807, 2.05) is 30.3 Å². The minimum absolute atomic E-state index is 0.236. The quantitative estimate of drug-likeness (QED) is 0.882. The number of ether oxygens (including phenoxy) is 1. The molecule has 0 atom stereocenters. The van der Waals surface area contributed by atoms with Crippen LogP contribution in [0.4, 0.5) is 10.5 Å². The largest absolute Gasteiger partial charge is 0.445 e. The predicted octanol–water partition coefficient (Wildman–Crippen LogP) is 3.59. The molecule has 25 heavy (non-hydrogen) atoms. The first-order valence-corrected chi connectivity index (χ1v) is 8.76. The first-order chi connectivity index (χ1) is 12.2. The Morgan fingerprint density at radius 3 is 2.76 bits per heavy atom. The molecule has 1 aliphatic rings. The zero-order valence-electron chi connectivity index (χ0n) is 13.9. The fourth-order valence-corrected chi connectivity index (χ4v) is 2.99. The van der Waals surface area contributed by atoms with Gasteiger partial charge in [0.1, 0.15) is 6.61 Å². The zero-order valence-corrected chi connectivity index (χ0v) is 14.7. The monoisotopic (exact) mass is 360 g/mol. The molecular formula is C18H21ClN4O2. The van der Waals surface area contributed by atoms with Gasteiger partial charge in [0.05, 0.1) is 11.9 Å². The number of benzene rings is 1. The summed E-state index contributed by atoms with van der Waals surface area (Å²) in [6, 6.07) is 11.5. The van der Waals surface area contributed by atoms with Crippen molar-refractivity contribution in [3.05, 3.63) is 53.3 Å². The van der Waals surface area contributed by atoms with Crippen LogP contribution in [0.1, 0.15) is 18.4 Å². The van der Waals surface area contributed by atoms with Crippen LogP contribution in [0.5, 0.6) is 0 Å². The Kier molecular flexibility index (Phi) is 6.06. The van der Waals surface area contributed by atoms with Gasteiger partial charge in [-0.3, -0.25) is 0 Å². The average Bonchev–Trinajstić information content (AvgIpc) is 2.66. The van der Waals surface area contributed by atoms with Gasteiger partial charge in [0.25, 0.3) is 0 Å². The lowest BCUT2D eigenvalue weighted by molar-refractivity contribution is 0.0832. The summed E-state index contributed by atoms with van der Waals surface area (Å²) in [6.45, 7) is 2.58. The molecule has 1 fully saturated rings. The van der Waals surface area contributed by atoms with Crippen LogP contribution in [0.15, 0.2) is 42.6 Å². The van der Waals surface area contributed by atoms with Gasteiger partial charge in [-0.25, -0.2) is 4.79 Å². The normalized spacial score (nSPS) is 15.0. The van der Waals surface area contributed by atoms with Crippen molar-refractivity contribution in [3.8, 4) is 0 Å². The first kappa shape index (κ1) is 17.5. The Morgan fingerprint density at radius 2 is 2.04 bits per heavy atom. The van der Waals surface area contributed by atoms with Crippen LogP contribution in [-0.2, 0) is 11.3 Å². The lowest BCUT2D eigenvalue weighted by Gasteiger charge is -2.31. The lowest BCUT2D eigenvalue weighted by Crippen LogP contribution is -2.40. The van der Waals surface area contributed by atoms with Crippen molar-refractivity contribution < 1.29 is 9.53 Å². The predicted molar refractivity (Wildman–Crippen MR) is 96.5 cm³/mol. The highest BCUT2D eigenvalue weighted by Gasteiger charge is 2.23. The van der Waals surface area contributed by atoms with Crippen molar-refractivity contribution in [1.82, 2.24) is 15.1 Å². The number of halogens is 1. The fraction of sp³-hybridized carbons (Fsp3) is 0.389. The number of piperidine rings is 1. The molecular weight excluding hydrogens is 340 g/mol. The fourth-order valence-electron chi connectivity index (χ4n) is 2.83. The van der Waals surface area contributed by atoms with E-state index < -0.39 is 0 Å². The van der Waals surface area contributed by atoms with Crippen LogP contribution in [0, 0.1) is 5.92 Å². The van der Waals surface area contributed by atoms with E-state index in [9.17, 15) is 4.79 Å². The van der Waals surface area contributed by atoms with Crippen LogP contribution in [-0.4, -0.2) is 40.8 Å². The van der Waals surface area contributed by atoms with E-state index in [0.29, 0.717) is 17.7 Å². The van der Waals surface area contributed by atoms with E-state index in [1.165, 1.54) is 0 Å². The molecule has 0 spiro atoms. The molecule has 0 unspecified atom stereocenters. The molecule has 2 aromatic rings. The van der Waals surface area contributed by atoms with Gasteiger partial charge in [0.2, 0.25) is 0 Å². The smallest absolute Gasteiger partial charge is 0.410 e. The number of nitrogens with one attached hydrogen (secondary N) is 1. The standard InChI is InChI=1S/C18H21ClN4O2/c19-17-10-16(12-21-22-17)20-11-14-6-8-23(9-7-14)18(24)25-13-15-4-2-1-3-5-15/h1-5,10,12,14H,6-9,11,13H2,(H,20,22). The Balaban J connectivity index is 1.38. The van der Waals surface area contributed by atoms with Crippen molar-refractivity contribution in [1.29, 1.82) is 0 Å². The number of hydrogen-bond donors (Lipinski definition) is 1. The maximum Gasteiger partial charge on any atom is 0.410 e.